The van der Waals surface area contributed by atoms with Gasteiger partial charge in [-0.1, -0.05) is 80.6 Å². The number of nitrogens with zero attached hydrogens (tertiary/aromatic N) is 3. The molecule has 43 heavy (non-hydrogen) atoms. The van der Waals surface area contributed by atoms with Crippen LogP contribution in [0.5, 0.6) is 0 Å². The van der Waals surface area contributed by atoms with Crippen LogP contribution in [0.15, 0.2) is 72.8 Å². The summed E-state index contributed by atoms with van der Waals surface area (Å²) in [4.78, 5) is 48.8. The van der Waals surface area contributed by atoms with Crippen molar-refractivity contribution >= 4 is 23.4 Å². The zero-order valence-electron chi connectivity index (χ0n) is 25.3. The van der Waals surface area contributed by atoms with E-state index in [-0.39, 0.29) is 30.2 Å². The first-order valence-electron chi connectivity index (χ1n) is 15.3. The van der Waals surface area contributed by atoms with Crippen LogP contribution in [0.3, 0.4) is 0 Å². The van der Waals surface area contributed by atoms with E-state index in [2.05, 4.69) is 0 Å². The molecule has 4 aliphatic rings. The van der Waals surface area contributed by atoms with Crippen LogP contribution in [0.25, 0.3) is 0 Å². The molecule has 1 N–H and O–H groups in total. The van der Waals surface area contributed by atoms with Crippen LogP contribution in [0.4, 0.5) is 5.69 Å². The predicted octanol–water partition coefficient (Wildman–Crippen LogP) is 3.79. The summed E-state index contributed by atoms with van der Waals surface area (Å²) in [6.07, 6.45) is 7.46. The molecule has 2 fully saturated rings. The molecule has 0 saturated carbocycles. The summed E-state index contributed by atoms with van der Waals surface area (Å²) in [5.41, 5.74) is 2.42. The number of likely N-dealkylation sites (tertiary alicyclic amines) is 1. The Hall–Kier alpha value is -3.75. The van der Waals surface area contributed by atoms with E-state index in [1.54, 1.807) is 14.7 Å². The summed E-state index contributed by atoms with van der Waals surface area (Å²) in [7, 11) is 0. The molecule has 2 aromatic rings. The molecule has 2 saturated heterocycles. The lowest BCUT2D eigenvalue weighted by Crippen LogP contribution is -2.58. The number of ether oxygens (including phenoxy) is 1. The highest BCUT2D eigenvalue weighted by Crippen LogP contribution is 2.54. The van der Waals surface area contributed by atoms with Crippen LogP contribution < -0.4 is 4.90 Å². The maximum absolute atomic E-state index is 14.8. The van der Waals surface area contributed by atoms with E-state index in [0.29, 0.717) is 26.1 Å². The molecule has 8 nitrogen and oxygen atoms in total. The Morgan fingerprint density at radius 1 is 0.977 bits per heavy atom. The van der Waals surface area contributed by atoms with Crippen molar-refractivity contribution in [2.75, 3.05) is 24.6 Å². The van der Waals surface area contributed by atoms with Crippen LogP contribution >= 0.6 is 0 Å². The van der Waals surface area contributed by atoms with Gasteiger partial charge < -0.3 is 24.5 Å². The van der Waals surface area contributed by atoms with E-state index < -0.39 is 35.6 Å². The van der Waals surface area contributed by atoms with Crippen LogP contribution in [0.2, 0.25) is 0 Å². The number of aliphatic hydroxyl groups excluding tert-OH is 1. The molecule has 226 valence electrons. The second kappa shape index (κ2) is 11.4. The van der Waals surface area contributed by atoms with E-state index >= 15 is 0 Å². The molecule has 2 aromatic carbocycles. The minimum atomic E-state index is -1.34. The van der Waals surface area contributed by atoms with E-state index in [0.717, 1.165) is 22.4 Å². The second-order valence-corrected chi connectivity index (χ2v) is 12.8. The van der Waals surface area contributed by atoms with Crippen LogP contribution in [-0.2, 0) is 25.7 Å². The van der Waals surface area contributed by atoms with Crippen LogP contribution in [0.1, 0.15) is 37.0 Å². The summed E-state index contributed by atoms with van der Waals surface area (Å²) < 4.78 is 6.81. The molecule has 0 radical (unpaired) electrons. The molecule has 0 aromatic heterocycles. The average molecular weight is 584 g/mol. The Kier molecular flexibility index (Phi) is 7.77. The summed E-state index contributed by atoms with van der Waals surface area (Å²) in [5.74, 6) is -2.23. The number of rotatable bonds is 7. The highest BCUT2D eigenvalue weighted by molar-refractivity contribution is 6.06. The van der Waals surface area contributed by atoms with Gasteiger partial charge in [-0.25, -0.2) is 0 Å². The number of carbonyl (C=O) groups is 3. The Labute approximate surface area is 253 Å². The van der Waals surface area contributed by atoms with E-state index in [1.165, 1.54) is 0 Å². The topological polar surface area (TPSA) is 90.4 Å². The monoisotopic (exact) mass is 583 g/mol. The van der Waals surface area contributed by atoms with Crippen molar-refractivity contribution < 1.29 is 24.2 Å². The van der Waals surface area contributed by atoms with E-state index in [9.17, 15) is 19.5 Å². The van der Waals surface area contributed by atoms with Gasteiger partial charge in [0.1, 0.15) is 11.6 Å². The number of anilines is 1. The molecule has 4 heterocycles. The van der Waals surface area contributed by atoms with Crippen LogP contribution in [0, 0.1) is 31.6 Å². The quantitative estimate of drug-likeness (QED) is 0.501. The molecule has 1 unspecified atom stereocenters. The lowest BCUT2D eigenvalue weighted by Gasteiger charge is -2.39. The first-order valence-corrected chi connectivity index (χ1v) is 15.3. The predicted molar refractivity (Wildman–Crippen MR) is 164 cm³/mol. The Morgan fingerprint density at radius 3 is 2.47 bits per heavy atom. The zero-order valence-corrected chi connectivity index (χ0v) is 25.3. The molecule has 6 rings (SSSR count). The van der Waals surface area contributed by atoms with Crippen molar-refractivity contribution in [3.05, 3.63) is 89.5 Å². The van der Waals surface area contributed by atoms with Crippen molar-refractivity contribution in [2.45, 2.75) is 64.4 Å². The van der Waals surface area contributed by atoms with E-state index in [1.807, 2.05) is 101 Å². The third kappa shape index (κ3) is 4.90. The molecule has 3 amide bonds. The fraction of sp³-hybridized carbons (Fsp3) is 0.457. The summed E-state index contributed by atoms with van der Waals surface area (Å²) in [6.45, 7) is 8.87. The zero-order chi connectivity index (χ0) is 30.5. The van der Waals surface area contributed by atoms with Crippen molar-refractivity contribution in [2.24, 2.45) is 17.8 Å². The highest BCUT2D eigenvalue weighted by atomic mass is 16.5. The van der Waals surface area contributed by atoms with Crippen molar-refractivity contribution in [1.29, 1.82) is 0 Å². The SMILES string of the molecule is Cc1ccc(C)c(N2CC=C[C@]34O[C@@H]5C=CCN(Cc6ccccc6)C(=O)[C@@H]5[C@H]3C(=O)N([C@@H](CO)CC(C)C)C4C2=O)c1. The van der Waals surface area contributed by atoms with Gasteiger partial charge in [-0.2, -0.15) is 0 Å². The van der Waals surface area contributed by atoms with Gasteiger partial charge in [0.25, 0.3) is 5.91 Å². The van der Waals surface area contributed by atoms with Gasteiger partial charge in [0.05, 0.1) is 30.6 Å². The normalized spacial score (nSPS) is 29.1. The number of aliphatic hydroxyl groups is 1. The lowest BCUT2D eigenvalue weighted by atomic mass is 9.77. The first-order chi connectivity index (χ1) is 20.7. The third-order valence-corrected chi connectivity index (χ3v) is 9.40. The Bertz CT molecular complexity index is 1470. The van der Waals surface area contributed by atoms with Crippen molar-refractivity contribution in [3.63, 3.8) is 0 Å². The van der Waals surface area contributed by atoms with Gasteiger partial charge in [0.15, 0.2) is 0 Å². The van der Waals surface area contributed by atoms with Crippen molar-refractivity contribution in [3.8, 4) is 0 Å². The molecule has 6 atom stereocenters. The number of hydrogen-bond acceptors (Lipinski definition) is 5. The minimum absolute atomic E-state index is 0.157. The summed E-state index contributed by atoms with van der Waals surface area (Å²) in [6, 6.07) is 14.2. The standard InChI is InChI=1S/C35H41N3O5/c1-22(2)18-26(21-39)38-31-34(42)37(27-19-23(3)13-14-24(27)4)17-9-15-35(31)30(33(38)41)29-28(43-35)12-8-16-36(32(29)40)20-25-10-6-5-7-11-25/h5-15,19,22,26,28-31,39H,16-18,20-21H2,1-4H3/t26-,28-,29+,30+,31?,35+/m1/s1. The third-order valence-electron chi connectivity index (χ3n) is 9.40. The Balaban J connectivity index is 1.45. The van der Waals surface area contributed by atoms with Crippen LogP contribution in [-0.4, -0.2) is 76.1 Å². The molecule has 1 spiro atoms. The van der Waals surface area contributed by atoms with Gasteiger partial charge in [-0.3, -0.25) is 14.4 Å². The van der Waals surface area contributed by atoms with E-state index in [4.69, 9.17) is 4.74 Å². The average Bonchev–Trinajstić information content (AvgIpc) is 3.31. The molecule has 4 aliphatic heterocycles. The molecular weight excluding hydrogens is 542 g/mol. The largest absolute Gasteiger partial charge is 0.394 e. The second-order valence-electron chi connectivity index (χ2n) is 12.8. The van der Waals surface area contributed by atoms with Gasteiger partial charge >= 0.3 is 0 Å². The number of hydrogen-bond donors (Lipinski definition) is 1. The fourth-order valence-electron chi connectivity index (χ4n) is 7.51. The minimum Gasteiger partial charge on any atom is -0.394 e. The maximum Gasteiger partial charge on any atom is 0.253 e. The van der Waals surface area contributed by atoms with Gasteiger partial charge in [-0.05, 0) is 48.9 Å². The fourth-order valence-corrected chi connectivity index (χ4v) is 7.51. The summed E-state index contributed by atoms with van der Waals surface area (Å²) in [5, 5.41) is 10.6. The van der Waals surface area contributed by atoms with Gasteiger partial charge in [0, 0.05) is 25.3 Å². The molecule has 0 bridgehead atoms. The highest BCUT2D eigenvalue weighted by Gasteiger charge is 2.72. The number of carbonyl (C=O) groups excluding carboxylic acids is 3. The molecule has 8 heteroatoms. The number of benzene rings is 2. The summed E-state index contributed by atoms with van der Waals surface area (Å²) >= 11 is 0. The smallest absolute Gasteiger partial charge is 0.253 e. The lowest BCUT2D eigenvalue weighted by molar-refractivity contribution is -0.147. The number of fused-ring (bicyclic) bond motifs is 2. The number of amides is 3. The van der Waals surface area contributed by atoms with Crippen molar-refractivity contribution in [1.82, 2.24) is 9.80 Å². The van der Waals surface area contributed by atoms with Gasteiger partial charge in [0.2, 0.25) is 11.8 Å². The Morgan fingerprint density at radius 2 is 1.74 bits per heavy atom. The molecule has 0 aliphatic carbocycles. The first kappa shape index (κ1) is 29.3. The van der Waals surface area contributed by atoms with Gasteiger partial charge in [-0.15, -0.1) is 0 Å². The molecular formula is C35H41N3O5. The number of aryl methyl sites for hydroxylation is 2. The maximum atomic E-state index is 14.8.